The highest BCUT2D eigenvalue weighted by atomic mass is 32.1. The third-order valence-corrected chi connectivity index (χ3v) is 3.75. The van der Waals surface area contributed by atoms with Crippen LogP contribution in [-0.4, -0.2) is 25.7 Å². The summed E-state index contributed by atoms with van der Waals surface area (Å²) in [7, 11) is 1.76. The van der Waals surface area contributed by atoms with E-state index in [-0.39, 0.29) is 11.6 Å². The molecule has 0 unspecified atom stereocenters. The zero-order valence-corrected chi connectivity index (χ0v) is 13.2. The van der Waals surface area contributed by atoms with E-state index in [1.54, 1.807) is 30.9 Å². The molecule has 3 heterocycles. The number of carbonyl (C=O) groups excluding carboxylic acids is 1. The van der Waals surface area contributed by atoms with Crippen LogP contribution < -0.4 is 10.6 Å². The average molecular weight is 332 g/mol. The molecule has 0 spiro atoms. The second-order valence-corrected chi connectivity index (χ2v) is 5.96. The largest absolute Gasteiger partial charge is 0.344 e. The smallest absolute Gasteiger partial charge is 0.278 e. The van der Waals surface area contributed by atoms with Crippen molar-refractivity contribution in [3.05, 3.63) is 47.2 Å². The lowest BCUT2D eigenvalue weighted by Gasteiger charge is -2.05. The van der Waals surface area contributed by atoms with Crippen LogP contribution in [0, 0.1) is 12.7 Å². The van der Waals surface area contributed by atoms with Gasteiger partial charge in [-0.15, -0.1) is 11.3 Å². The maximum atomic E-state index is 13.2. The molecule has 0 aliphatic rings. The third-order valence-electron chi connectivity index (χ3n) is 2.87. The van der Waals surface area contributed by atoms with Crippen molar-refractivity contribution >= 4 is 33.8 Å². The van der Waals surface area contributed by atoms with Gasteiger partial charge < -0.3 is 10.6 Å². The fourth-order valence-electron chi connectivity index (χ4n) is 1.93. The molecular weight excluding hydrogens is 319 g/mol. The van der Waals surface area contributed by atoms with Crippen LogP contribution in [0.4, 0.5) is 20.9 Å². The van der Waals surface area contributed by atoms with Gasteiger partial charge in [-0.25, -0.2) is 9.37 Å². The van der Waals surface area contributed by atoms with Crippen LogP contribution in [0.5, 0.6) is 0 Å². The highest BCUT2D eigenvalue weighted by molar-refractivity contribution is 7.16. The Labute approximate surface area is 135 Å². The summed E-state index contributed by atoms with van der Waals surface area (Å²) in [5.74, 6) is -0.419. The fraction of sp³-hybridized carbons (Fsp3) is 0.143. The Morgan fingerprint density at radius 3 is 2.91 bits per heavy atom. The van der Waals surface area contributed by atoms with Gasteiger partial charge in [0.15, 0.2) is 11.5 Å². The van der Waals surface area contributed by atoms with E-state index in [9.17, 15) is 9.18 Å². The van der Waals surface area contributed by atoms with Crippen molar-refractivity contribution in [1.82, 2.24) is 19.7 Å². The maximum absolute atomic E-state index is 13.2. The minimum Gasteiger partial charge on any atom is -0.344 e. The summed E-state index contributed by atoms with van der Waals surface area (Å²) >= 11 is 1.30. The van der Waals surface area contributed by atoms with Crippen molar-refractivity contribution in [3.63, 3.8) is 0 Å². The molecule has 1 amide bonds. The van der Waals surface area contributed by atoms with Gasteiger partial charge in [-0.1, -0.05) is 0 Å². The molecule has 0 aliphatic carbocycles. The molecule has 0 saturated heterocycles. The van der Waals surface area contributed by atoms with E-state index in [0.717, 1.165) is 6.20 Å². The molecule has 118 valence electrons. The van der Waals surface area contributed by atoms with Gasteiger partial charge in [0, 0.05) is 25.4 Å². The Balaban J connectivity index is 1.83. The Morgan fingerprint density at radius 1 is 1.39 bits per heavy atom. The lowest BCUT2D eigenvalue weighted by molar-refractivity contribution is 0.102. The minimum absolute atomic E-state index is 0.224. The molecule has 2 N–H and O–H groups in total. The number of aromatic nitrogens is 4. The molecule has 7 nitrogen and oxygen atoms in total. The minimum atomic E-state index is -0.462. The van der Waals surface area contributed by atoms with Crippen LogP contribution in [-0.2, 0) is 7.05 Å². The molecular formula is C14H13FN6OS. The Bertz CT molecular complexity index is 859. The van der Waals surface area contributed by atoms with Crippen molar-refractivity contribution in [2.75, 3.05) is 10.6 Å². The molecule has 3 aromatic heterocycles. The van der Waals surface area contributed by atoms with E-state index in [4.69, 9.17) is 0 Å². The summed E-state index contributed by atoms with van der Waals surface area (Å²) in [6, 6.07) is 2.98. The van der Waals surface area contributed by atoms with Crippen LogP contribution in [0.1, 0.15) is 15.5 Å². The molecule has 0 fully saturated rings. The predicted octanol–water partition coefficient (Wildman–Crippen LogP) is 2.72. The van der Waals surface area contributed by atoms with Gasteiger partial charge in [0.05, 0.1) is 23.1 Å². The van der Waals surface area contributed by atoms with Crippen LogP contribution in [0.15, 0.2) is 30.7 Å². The van der Waals surface area contributed by atoms with Gasteiger partial charge in [-0.3, -0.25) is 14.5 Å². The first-order valence-electron chi connectivity index (χ1n) is 6.67. The number of carbonyl (C=O) groups is 1. The molecule has 23 heavy (non-hydrogen) atoms. The standard InChI is InChI=1S/C14H13FN6OS/c1-8-17-12(13(22)19-11-3-4-21(2)20-11)14(23-8)18-10-5-9(15)6-16-7-10/h3-7,18H,1-2H3,(H,19,20,22). The molecule has 3 aromatic rings. The number of rotatable bonds is 4. The first-order chi connectivity index (χ1) is 11.0. The molecule has 0 atom stereocenters. The van der Waals surface area contributed by atoms with Crippen molar-refractivity contribution in [2.45, 2.75) is 6.92 Å². The van der Waals surface area contributed by atoms with Crippen molar-refractivity contribution in [1.29, 1.82) is 0 Å². The number of hydrogen-bond acceptors (Lipinski definition) is 6. The van der Waals surface area contributed by atoms with E-state index in [1.807, 2.05) is 0 Å². The summed E-state index contributed by atoms with van der Waals surface area (Å²) in [4.78, 5) is 20.4. The second kappa shape index (κ2) is 6.13. The van der Waals surface area contributed by atoms with E-state index < -0.39 is 5.82 Å². The fourth-order valence-corrected chi connectivity index (χ4v) is 2.77. The number of anilines is 3. The van der Waals surface area contributed by atoms with Crippen LogP contribution in [0.2, 0.25) is 0 Å². The van der Waals surface area contributed by atoms with Gasteiger partial charge in [0.2, 0.25) is 0 Å². The number of nitrogens with zero attached hydrogens (tertiary/aromatic N) is 4. The lowest BCUT2D eigenvalue weighted by Crippen LogP contribution is -2.14. The molecule has 0 saturated carbocycles. The van der Waals surface area contributed by atoms with E-state index in [1.165, 1.54) is 23.6 Å². The molecule has 0 radical (unpaired) electrons. The van der Waals surface area contributed by atoms with Gasteiger partial charge in [-0.2, -0.15) is 5.10 Å². The second-order valence-electron chi connectivity index (χ2n) is 4.76. The van der Waals surface area contributed by atoms with E-state index in [0.29, 0.717) is 21.5 Å². The summed E-state index contributed by atoms with van der Waals surface area (Å²) in [6.07, 6.45) is 4.30. The third kappa shape index (κ3) is 3.51. The first-order valence-corrected chi connectivity index (χ1v) is 7.49. The van der Waals surface area contributed by atoms with Crippen LogP contribution >= 0.6 is 11.3 Å². The van der Waals surface area contributed by atoms with Crippen LogP contribution in [0.3, 0.4) is 0 Å². The van der Waals surface area contributed by atoms with E-state index in [2.05, 4.69) is 25.7 Å². The van der Waals surface area contributed by atoms with Crippen molar-refractivity contribution in [2.24, 2.45) is 7.05 Å². The Hall–Kier alpha value is -2.81. The van der Waals surface area contributed by atoms with Crippen LogP contribution in [0.25, 0.3) is 0 Å². The lowest BCUT2D eigenvalue weighted by atomic mass is 10.3. The topological polar surface area (TPSA) is 84.7 Å². The van der Waals surface area contributed by atoms with Gasteiger partial charge in [0.25, 0.3) is 5.91 Å². The maximum Gasteiger partial charge on any atom is 0.278 e. The number of hydrogen-bond donors (Lipinski definition) is 2. The molecule has 0 aromatic carbocycles. The monoisotopic (exact) mass is 332 g/mol. The normalized spacial score (nSPS) is 10.6. The zero-order valence-electron chi connectivity index (χ0n) is 12.4. The van der Waals surface area contributed by atoms with Gasteiger partial charge in [-0.05, 0) is 6.92 Å². The quantitative estimate of drug-likeness (QED) is 0.767. The summed E-state index contributed by atoms with van der Waals surface area (Å²) in [5, 5.41) is 11.0. The van der Waals surface area contributed by atoms with Gasteiger partial charge >= 0.3 is 0 Å². The molecule has 3 rings (SSSR count). The molecule has 0 bridgehead atoms. The van der Waals surface area contributed by atoms with Crippen molar-refractivity contribution in [3.8, 4) is 0 Å². The molecule has 0 aliphatic heterocycles. The first kappa shape index (κ1) is 15.1. The average Bonchev–Trinajstić information content (AvgIpc) is 3.05. The number of amides is 1. The Kier molecular flexibility index (Phi) is 4.02. The number of halogens is 1. The summed E-state index contributed by atoms with van der Waals surface area (Å²) in [6.45, 7) is 1.79. The zero-order chi connectivity index (χ0) is 16.4. The predicted molar refractivity (Wildman–Crippen MR) is 85.5 cm³/mol. The highest BCUT2D eigenvalue weighted by Crippen LogP contribution is 2.28. The van der Waals surface area contributed by atoms with Gasteiger partial charge in [0.1, 0.15) is 10.8 Å². The summed E-state index contributed by atoms with van der Waals surface area (Å²) in [5.41, 5.74) is 0.669. The number of aryl methyl sites for hydroxylation is 2. The number of thiazole rings is 1. The SMILES string of the molecule is Cc1nc(C(=O)Nc2ccn(C)n2)c(Nc2cncc(F)c2)s1. The Morgan fingerprint density at radius 2 is 2.22 bits per heavy atom. The molecule has 9 heteroatoms. The highest BCUT2D eigenvalue weighted by Gasteiger charge is 2.18. The number of pyridine rings is 1. The van der Waals surface area contributed by atoms with Crippen molar-refractivity contribution < 1.29 is 9.18 Å². The van der Waals surface area contributed by atoms with E-state index >= 15 is 0 Å². The number of nitrogens with one attached hydrogen (secondary N) is 2. The summed E-state index contributed by atoms with van der Waals surface area (Å²) < 4.78 is 14.8.